The maximum atomic E-state index is 13.3. The van der Waals surface area contributed by atoms with Crippen molar-refractivity contribution in [3.05, 3.63) is 59.9 Å². The molecule has 1 aromatic heterocycles. The smallest absolute Gasteiger partial charge is 0.246 e. The monoisotopic (exact) mass is 369 g/mol. The maximum Gasteiger partial charge on any atom is 0.246 e. The van der Waals surface area contributed by atoms with Gasteiger partial charge in [-0.15, -0.1) is 10.2 Å². The van der Waals surface area contributed by atoms with E-state index in [-0.39, 0.29) is 24.1 Å². The van der Waals surface area contributed by atoms with E-state index in [9.17, 15) is 9.18 Å². The summed E-state index contributed by atoms with van der Waals surface area (Å²) < 4.78 is 18.7. The number of ether oxygens (including phenoxy) is 1. The lowest BCUT2D eigenvalue weighted by molar-refractivity contribution is -0.131. The first-order valence-electron chi connectivity index (χ1n) is 8.54. The Kier molecular flexibility index (Phi) is 5.75. The maximum absolute atomic E-state index is 13.3. The second-order valence-corrected chi connectivity index (χ2v) is 5.98. The van der Waals surface area contributed by atoms with Gasteiger partial charge in [-0.2, -0.15) is 4.80 Å². The molecule has 0 aliphatic carbocycles. The summed E-state index contributed by atoms with van der Waals surface area (Å²) in [4.78, 5) is 15.2. The number of hydrogen-bond acceptors (Lipinski definition) is 5. The lowest BCUT2D eigenvalue weighted by Gasteiger charge is -2.17. The molecule has 0 aliphatic heterocycles. The molecule has 0 radical (unpaired) electrons. The predicted octanol–water partition coefficient (Wildman–Crippen LogP) is 2.54. The molecule has 1 amide bonds. The van der Waals surface area contributed by atoms with E-state index in [4.69, 9.17) is 4.74 Å². The number of tetrazole rings is 1. The summed E-state index contributed by atoms with van der Waals surface area (Å²) in [7, 11) is 1.71. The van der Waals surface area contributed by atoms with Crippen LogP contribution in [0.4, 0.5) is 4.39 Å². The number of carbonyl (C=O) groups excluding carboxylic acids is 1. The van der Waals surface area contributed by atoms with Gasteiger partial charge in [-0.05, 0) is 42.0 Å². The van der Waals surface area contributed by atoms with E-state index in [2.05, 4.69) is 15.4 Å². The molecule has 7 nitrogen and oxygen atoms in total. The van der Waals surface area contributed by atoms with Gasteiger partial charge in [-0.1, -0.05) is 24.3 Å². The summed E-state index contributed by atoms with van der Waals surface area (Å²) in [5.74, 6) is 0.533. The number of rotatable bonds is 7. The first-order valence-corrected chi connectivity index (χ1v) is 8.54. The van der Waals surface area contributed by atoms with Gasteiger partial charge in [0.1, 0.15) is 18.1 Å². The molecule has 3 rings (SSSR count). The molecule has 0 fully saturated rings. The molecule has 0 atom stereocenters. The van der Waals surface area contributed by atoms with Crippen LogP contribution in [-0.4, -0.2) is 44.7 Å². The highest BCUT2D eigenvalue weighted by atomic mass is 19.1. The molecule has 0 saturated carbocycles. The fourth-order valence-corrected chi connectivity index (χ4v) is 2.51. The zero-order valence-electron chi connectivity index (χ0n) is 15.2. The molecule has 0 N–H and O–H groups in total. The van der Waals surface area contributed by atoms with Crippen molar-refractivity contribution in [3.63, 3.8) is 0 Å². The van der Waals surface area contributed by atoms with Crippen molar-refractivity contribution in [1.29, 1.82) is 0 Å². The third-order valence-corrected chi connectivity index (χ3v) is 3.89. The minimum Gasteiger partial charge on any atom is -0.494 e. The van der Waals surface area contributed by atoms with Crippen molar-refractivity contribution in [3.8, 4) is 17.1 Å². The topological polar surface area (TPSA) is 73.1 Å². The van der Waals surface area contributed by atoms with E-state index in [1.807, 2.05) is 31.2 Å². The Labute approximate surface area is 156 Å². The Morgan fingerprint density at radius 3 is 2.70 bits per heavy atom. The van der Waals surface area contributed by atoms with E-state index in [0.717, 1.165) is 11.3 Å². The van der Waals surface area contributed by atoms with Crippen molar-refractivity contribution in [2.24, 2.45) is 0 Å². The Bertz CT molecular complexity index is 910. The quantitative estimate of drug-likeness (QED) is 0.640. The largest absolute Gasteiger partial charge is 0.494 e. The fourth-order valence-electron chi connectivity index (χ4n) is 2.51. The molecule has 3 aromatic rings. The highest BCUT2D eigenvalue weighted by Crippen LogP contribution is 2.15. The fraction of sp³-hybridized carbons (Fsp3) is 0.263. The molecular weight excluding hydrogens is 349 g/mol. The van der Waals surface area contributed by atoms with Crippen LogP contribution in [0.25, 0.3) is 11.4 Å². The molecule has 0 spiro atoms. The van der Waals surface area contributed by atoms with Gasteiger partial charge in [-0.3, -0.25) is 4.79 Å². The van der Waals surface area contributed by atoms with Crippen LogP contribution in [-0.2, 0) is 17.9 Å². The highest BCUT2D eigenvalue weighted by Gasteiger charge is 2.13. The number of carbonyl (C=O) groups is 1. The van der Waals surface area contributed by atoms with Gasteiger partial charge in [0.15, 0.2) is 0 Å². The second kappa shape index (κ2) is 8.39. The summed E-state index contributed by atoms with van der Waals surface area (Å²) in [5.41, 5.74) is 1.50. The summed E-state index contributed by atoms with van der Waals surface area (Å²) in [5, 5.41) is 11.9. The van der Waals surface area contributed by atoms with E-state index < -0.39 is 0 Å². The van der Waals surface area contributed by atoms with Gasteiger partial charge in [0.25, 0.3) is 0 Å². The zero-order chi connectivity index (χ0) is 19.2. The SMILES string of the molecule is CCOc1ccc(CN(C)C(=O)Cn2nnc(-c3cccc(F)c3)n2)cc1. The van der Waals surface area contributed by atoms with Crippen molar-refractivity contribution in [2.75, 3.05) is 13.7 Å². The number of likely N-dealkylation sites (N-methyl/N-ethyl adjacent to an activating group) is 1. The molecule has 1 heterocycles. The van der Waals surface area contributed by atoms with Crippen molar-refractivity contribution >= 4 is 5.91 Å². The Morgan fingerprint density at radius 2 is 2.00 bits per heavy atom. The Morgan fingerprint density at radius 1 is 1.22 bits per heavy atom. The standard InChI is InChI=1S/C19H20FN5O2/c1-3-27-17-9-7-14(8-10-17)12-24(2)18(26)13-25-22-19(21-23-25)15-5-4-6-16(20)11-15/h4-11H,3,12-13H2,1-2H3. The molecule has 140 valence electrons. The van der Waals surface area contributed by atoms with Gasteiger partial charge in [0.05, 0.1) is 6.61 Å². The first-order chi connectivity index (χ1) is 13.0. The van der Waals surface area contributed by atoms with E-state index in [1.54, 1.807) is 24.1 Å². The van der Waals surface area contributed by atoms with Crippen LogP contribution >= 0.6 is 0 Å². The first kappa shape index (κ1) is 18.5. The van der Waals surface area contributed by atoms with Crippen molar-refractivity contribution in [1.82, 2.24) is 25.1 Å². The highest BCUT2D eigenvalue weighted by molar-refractivity contribution is 5.75. The van der Waals surface area contributed by atoms with Gasteiger partial charge in [0, 0.05) is 19.2 Å². The molecule has 27 heavy (non-hydrogen) atoms. The Hall–Kier alpha value is -3.29. The molecule has 0 aliphatic rings. The molecule has 0 bridgehead atoms. The molecule has 8 heteroatoms. The number of aromatic nitrogens is 4. The Balaban J connectivity index is 1.59. The van der Waals surface area contributed by atoms with E-state index >= 15 is 0 Å². The van der Waals surface area contributed by atoms with Gasteiger partial charge >= 0.3 is 0 Å². The third-order valence-electron chi connectivity index (χ3n) is 3.89. The lowest BCUT2D eigenvalue weighted by Crippen LogP contribution is -2.30. The van der Waals surface area contributed by atoms with E-state index in [1.165, 1.54) is 16.9 Å². The number of hydrogen-bond donors (Lipinski definition) is 0. The number of halogens is 1. The van der Waals surface area contributed by atoms with E-state index in [0.29, 0.717) is 18.7 Å². The van der Waals surface area contributed by atoms with Gasteiger partial charge < -0.3 is 9.64 Å². The van der Waals surface area contributed by atoms with Crippen molar-refractivity contribution < 1.29 is 13.9 Å². The van der Waals surface area contributed by atoms with Gasteiger partial charge in [-0.25, -0.2) is 4.39 Å². The summed E-state index contributed by atoms with van der Waals surface area (Å²) in [6.45, 7) is 2.95. The zero-order valence-corrected chi connectivity index (χ0v) is 15.2. The average Bonchev–Trinajstić information content (AvgIpc) is 3.12. The third kappa shape index (κ3) is 4.87. The predicted molar refractivity (Wildman–Crippen MR) is 97.3 cm³/mol. The van der Waals surface area contributed by atoms with Crippen LogP contribution in [0, 0.1) is 5.82 Å². The minimum absolute atomic E-state index is 0.0458. The molecule has 2 aromatic carbocycles. The number of benzene rings is 2. The summed E-state index contributed by atoms with van der Waals surface area (Å²) in [6.07, 6.45) is 0. The molecule has 0 unspecified atom stereocenters. The molecular formula is C19H20FN5O2. The van der Waals surface area contributed by atoms with Crippen LogP contribution in [0.5, 0.6) is 5.75 Å². The molecule has 0 saturated heterocycles. The number of nitrogens with zero attached hydrogens (tertiary/aromatic N) is 5. The van der Waals surface area contributed by atoms with Crippen LogP contribution in [0.1, 0.15) is 12.5 Å². The van der Waals surface area contributed by atoms with Crippen LogP contribution in [0.3, 0.4) is 0 Å². The van der Waals surface area contributed by atoms with Crippen LogP contribution in [0.2, 0.25) is 0 Å². The second-order valence-electron chi connectivity index (χ2n) is 5.98. The van der Waals surface area contributed by atoms with Gasteiger partial charge in [0.2, 0.25) is 11.7 Å². The number of amides is 1. The van der Waals surface area contributed by atoms with Crippen LogP contribution < -0.4 is 4.74 Å². The normalized spacial score (nSPS) is 10.6. The van der Waals surface area contributed by atoms with Crippen molar-refractivity contribution in [2.45, 2.75) is 20.0 Å². The summed E-state index contributed by atoms with van der Waals surface area (Å²) >= 11 is 0. The van der Waals surface area contributed by atoms with Crippen LogP contribution in [0.15, 0.2) is 48.5 Å². The lowest BCUT2D eigenvalue weighted by atomic mass is 10.2. The minimum atomic E-state index is -0.380. The summed E-state index contributed by atoms with van der Waals surface area (Å²) in [6, 6.07) is 13.5. The average molecular weight is 369 g/mol.